The van der Waals surface area contributed by atoms with Crippen LogP contribution in [0.5, 0.6) is 0 Å². The fourth-order valence-electron chi connectivity index (χ4n) is 1.73. The largest absolute Gasteiger partial charge is 0.353 e. The van der Waals surface area contributed by atoms with Gasteiger partial charge in [0.05, 0.1) is 12.1 Å². The van der Waals surface area contributed by atoms with Gasteiger partial charge in [0, 0.05) is 25.5 Å². The van der Waals surface area contributed by atoms with E-state index in [4.69, 9.17) is 0 Å². The van der Waals surface area contributed by atoms with Crippen LogP contribution < -0.4 is 10.6 Å². The fraction of sp³-hybridized carbons (Fsp3) is 0.667. The minimum Gasteiger partial charge on any atom is -0.353 e. The molecule has 1 aromatic heterocycles. The maximum Gasteiger partial charge on any atom is 0.237 e. The highest BCUT2D eigenvalue weighted by Gasteiger charge is 2.18. The van der Waals surface area contributed by atoms with Crippen LogP contribution in [-0.4, -0.2) is 27.5 Å². The van der Waals surface area contributed by atoms with E-state index >= 15 is 0 Å². The van der Waals surface area contributed by atoms with E-state index in [9.17, 15) is 4.79 Å². The smallest absolute Gasteiger partial charge is 0.237 e. The number of amides is 1. The SMILES string of the molecule is CC(C)NC(=O)C(C)NC(C)c1nccn1C. The highest BCUT2D eigenvalue weighted by molar-refractivity contribution is 5.81. The Morgan fingerprint density at radius 1 is 1.35 bits per heavy atom. The molecule has 1 amide bonds. The van der Waals surface area contributed by atoms with Crippen molar-refractivity contribution < 1.29 is 4.79 Å². The van der Waals surface area contributed by atoms with Gasteiger partial charge in [-0.05, 0) is 27.7 Å². The summed E-state index contributed by atoms with van der Waals surface area (Å²) in [6.07, 6.45) is 3.65. The Morgan fingerprint density at radius 3 is 2.47 bits per heavy atom. The van der Waals surface area contributed by atoms with Crippen LogP contribution >= 0.6 is 0 Å². The quantitative estimate of drug-likeness (QED) is 0.804. The molecular formula is C12H22N4O. The third-order valence-electron chi connectivity index (χ3n) is 2.57. The van der Waals surface area contributed by atoms with E-state index in [-0.39, 0.29) is 24.0 Å². The first kappa shape index (κ1) is 13.7. The van der Waals surface area contributed by atoms with Crippen LogP contribution in [0, 0.1) is 0 Å². The fourth-order valence-corrected chi connectivity index (χ4v) is 1.73. The molecule has 0 aromatic carbocycles. The van der Waals surface area contributed by atoms with Gasteiger partial charge in [-0.3, -0.25) is 10.1 Å². The van der Waals surface area contributed by atoms with Crippen LogP contribution in [-0.2, 0) is 11.8 Å². The molecule has 2 unspecified atom stereocenters. The molecule has 2 N–H and O–H groups in total. The van der Waals surface area contributed by atoms with Crippen molar-refractivity contribution in [2.24, 2.45) is 7.05 Å². The first-order valence-electron chi connectivity index (χ1n) is 5.95. The summed E-state index contributed by atoms with van der Waals surface area (Å²) in [5.74, 6) is 0.940. The van der Waals surface area contributed by atoms with E-state index in [0.29, 0.717) is 0 Å². The molecule has 1 rings (SSSR count). The molecule has 0 fully saturated rings. The minimum atomic E-state index is -0.232. The average molecular weight is 238 g/mol. The summed E-state index contributed by atoms with van der Waals surface area (Å²) >= 11 is 0. The maximum absolute atomic E-state index is 11.7. The lowest BCUT2D eigenvalue weighted by Crippen LogP contribution is -2.45. The van der Waals surface area contributed by atoms with Crippen molar-refractivity contribution >= 4 is 5.91 Å². The van der Waals surface area contributed by atoms with Crippen LogP contribution in [0.15, 0.2) is 12.4 Å². The lowest BCUT2D eigenvalue weighted by molar-refractivity contribution is -0.123. The van der Waals surface area contributed by atoms with Crippen molar-refractivity contribution in [1.29, 1.82) is 0 Å². The molecule has 0 aliphatic rings. The van der Waals surface area contributed by atoms with Crippen molar-refractivity contribution in [1.82, 2.24) is 20.2 Å². The van der Waals surface area contributed by atoms with E-state index in [0.717, 1.165) is 5.82 Å². The first-order chi connectivity index (χ1) is 7.91. The highest BCUT2D eigenvalue weighted by Crippen LogP contribution is 2.09. The van der Waals surface area contributed by atoms with Gasteiger partial charge in [0.25, 0.3) is 0 Å². The first-order valence-corrected chi connectivity index (χ1v) is 5.95. The Hall–Kier alpha value is -1.36. The zero-order chi connectivity index (χ0) is 13.0. The topological polar surface area (TPSA) is 59.0 Å². The molecule has 96 valence electrons. The van der Waals surface area contributed by atoms with Crippen LogP contribution in [0.25, 0.3) is 0 Å². The predicted molar refractivity (Wildman–Crippen MR) is 67.5 cm³/mol. The van der Waals surface area contributed by atoms with Crippen LogP contribution in [0.2, 0.25) is 0 Å². The average Bonchev–Trinajstić information content (AvgIpc) is 2.63. The van der Waals surface area contributed by atoms with Crippen LogP contribution in [0.4, 0.5) is 0 Å². The van der Waals surface area contributed by atoms with Gasteiger partial charge in [-0.25, -0.2) is 4.98 Å². The zero-order valence-corrected chi connectivity index (χ0v) is 11.2. The van der Waals surface area contributed by atoms with E-state index in [1.807, 2.05) is 45.5 Å². The molecule has 0 saturated heterocycles. The van der Waals surface area contributed by atoms with Crippen molar-refractivity contribution in [2.45, 2.75) is 45.8 Å². The van der Waals surface area contributed by atoms with Crippen LogP contribution in [0.3, 0.4) is 0 Å². The molecule has 0 aliphatic carbocycles. The monoisotopic (exact) mass is 238 g/mol. The van der Waals surface area contributed by atoms with E-state index in [1.54, 1.807) is 6.20 Å². The Kier molecular flexibility index (Phi) is 4.69. The molecule has 5 heteroatoms. The summed E-state index contributed by atoms with van der Waals surface area (Å²) in [5, 5.41) is 6.11. The lowest BCUT2D eigenvalue weighted by atomic mass is 10.2. The van der Waals surface area contributed by atoms with Crippen molar-refractivity contribution in [3.63, 3.8) is 0 Å². The minimum absolute atomic E-state index is 0.0149. The molecule has 0 spiro atoms. The number of hydrogen-bond donors (Lipinski definition) is 2. The number of aryl methyl sites for hydroxylation is 1. The van der Waals surface area contributed by atoms with E-state index in [1.165, 1.54) is 0 Å². The number of nitrogens with one attached hydrogen (secondary N) is 2. The number of imidazole rings is 1. The Balaban J connectivity index is 2.54. The summed E-state index contributed by atoms with van der Waals surface area (Å²) in [6, 6.07) is -0.0257. The molecule has 17 heavy (non-hydrogen) atoms. The van der Waals surface area contributed by atoms with E-state index in [2.05, 4.69) is 15.6 Å². The van der Waals surface area contributed by atoms with Crippen molar-refractivity contribution in [2.75, 3.05) is 0 Å². The highest BCUT2D eigenvalue weighted by atomic mass is 16.2. The van der Waals surface area contributed by atoms with Crippen LogP contribution in [0.1, 0.15) is 39.6 Å². The molecule has 1 aromatic rings. The van der Waals surface area contributed by atoms with Crippen molar-refractivity contribution in [3.8, 4) is 0 Å². The number of carbonyl (C=O) groups excluding carboxylic acids is 1. The summed E-state index contributed by atoms with van der Waals surface area (Å²) in [7, 11) is 1.94. The molecule has 0 aliphatic heterocycles. The number of carbonyl (C=O) groups is 1. The Bertz CT molecular complexity index is 372. The van der Waals surface area contributed by atoms with Crippen molar-refractivity contribution in [3.05, 3.63) is 18.2 Å². The number of rotatable bonds is 5. The normalized spacial score (nSPS) is 14.7. The second-order valence-corrected chi connectivity index (χ2v) is 4.67. The van der Waals surface area contributed by atoms with Gasteiger partial charge < -0.3 is 9.88 Å². The van der Waals surface area contributed by atoms with E-state index < -0.39 is 0 Å². The van der Waals surface area contributed by atoms with Gasteiger partial charge in [-0.15, -0.1) is 0 Å². The molecule has 0 bridgehead atoms. The summed E-state index contributed by atoms with van der Waals surface area (Å²) in [6.45, 7) is 7.76. The van der Waals surface area contributed by atoms with Gasteiger partial charge in [0.2, 0.25) is 5.91 Å². The Morgan fingerprint density at radius 2 is 2.00 bits per heavy atom. The second-order valence-electron chi connectivity index (χ2n) is 4.67. The number of aromatic nitrogens is 2. The number of hydrogen-bond acceptors (Lipinski definition) is 3. The summed E-state index contributed by atoms with van der Waals surface area (Å²) in [4.78, 5) is 16.0. The van der Waals surface area contributed by atoms with Gasteiger partial charge in [0.15, 0.2) is 0 Å². The van der Waals surface area contributed by atoms with Gasteiger partial charge in [-0.2, -0.15) is 0 Å². The molecule has 0 saturated carbocycles. The van der Waals surface area contributed by atoms with Gasteiger partial charge in [-0.1, -0.05) is 0 Å². The maximum atomic E-state index is 11.7. The zero-order valence-electron chi connectivity index (χ0n) is 11.2. The summed E-state index contributed by atoms with van der Waals surface area (Å²) in [5.41, 5.74) is 0. The van der Waals surface area contributed by atoms with Gasteiger partial charge >= 0.3 is 0 Å². The summed E-state index contributed by atoms with van der Waals surface area (Å²) < 4.78 is 1.95. The molecule has 1 heterocycles. The number of nitrogens with zero attached hydrogens (tertiary/aromatic N) is 2. The lowest BCUT2D eigenvalue weighted by Gasteiger charge is -2.20. The van der Waals surface area contributed by atoms with Gasteiger partial charge in [0.1, 0.15) is 5.82 Å². The second kappa shape index (κ2) is 5.82. The standard InChI is InChI=1S/C12H22N4O/c1-8(2)14-12(17)10(4)15-9(3)11-13-6-7-16(11)5/h6-10,15H,1-5H3,(H,14,17). The molecule has 2 atom stereocenters. The molecule has 5 nitrogen and oxygen atoms in total. The Labute approximate surface area is 103 Å². The third kappa shape index (κ3) is 3.85. The third-order valence-corrected chi connectivity index (χ3v) is 2.57. The molecule has 0 radical (unpaired) electrons. The predicted octanol–water partition coefficient (Wildman–Crippen LogP) is 0.984. The molecular weight excluding hydrogens is 216 g/mol.